The smallest absolute Gasteiger partial charge is 0.000528 e. The van der Waals surface area contributed by atoms with E-state index in [1.54, 1.807) is 12.8 Å². The molecule has 3 atom stereocenters. The average molecular weight is 193 g/mol. The van der Waals surface area contributed by atoms with Crippen LogP contribution in [0.1, 0.15) is 45.4 Å². The van der Waals surface area contributed by atoms with Crippen molar-refractivity contribution in [2.24, 2.45) is 23.2 Å². The van der Waals surface area contributed by atoms with Gasteiger partial charge in [-0.15, -0.1) is 0 Å². The summed E-state index contributed by atoms with van der Waals surface area (Å²) in [4.78, 5) is 0. The molecule has 0 amide bonds. The normalized spacial score (nSPS) is 43.1. The van der Waals surface area contributed by atoms with Crippen LogP contribution >= 0.6 is 0 Å². The number of rotatable bonds is 4. The van der Waals surface area contributed by atoms with Crippen molar-refractivity contribution in [3.8, 4) is 0 Å². The fourth-order valence-corrected chi connectivity index (χ4v) is 3.58. The van der Waals surface area contributed by atoms with Crippen LogP contribution in [0.25, 0.3) is 0 Å². The van der Waals surface area contributed by atoms with Gasteiger partial charge in [0.25, 0.3) is 0 Å². The molecule has 3 aliphatic carbocycles. The summed E-state index contributed by atoms with van der Waals surface area (Å²) >= 11 is 0. The van der Waals surface area contributed by atoms with Gasteiger partial charge in [0, 0.05) is 6.54 Å². The van der Waals surface area contributed by atoms with Crippen LogP contribution in [0.2, 0.25) is 0 Å². The SMILES string of the molecule is CC1(CNCC2CC3CCC2C3)CC1. The molecular weight excluding hydrogens is 170 g/mol. The zero-order chi connectivity index (χ0) is 9.60. The molecule has 3 unspecified atom stereocenters. The van der Waals surface area contributed by atoms with E-state index >= 15 is 0 Å². The highest BCUT2D eigenvalue weighted by molar-refractivity contribution is 4.93. The van der Waals surface area contributed by atoms with Gasteiger partial charge in [-0.1, -0.05) is 13.3 Å². The van der Waals surface area contributed by atoms with Crippen molar-refractivity contribution in [2.45, 2.75) is 45.4 Å². The molecule has 14 heavy (non-hydrogen) atoms. The van der Waals surface area contributed by atoms with E-state index in [2.05, 4.69) is 12.2 Å². The molecule has 0 spiro atoms. The van der Waals surface area contributed by atoms with Gasteiger partial charge in [-0.3, -0.25) is 0 Å². The maximum absolute atomic E-state index is 3.71. The Bertz CT molecular complexity index is 219. The molecule has 0 radical (unpaired) electrons. The Balaban J connectivity index is 1.41. The summed E-state index contributed by atoms with van der Waals surface area (Å²) in [5.74, 6) is 3.25. The lowest BCUT2D eigenvalue weighted by atomic mass is 9.89. The van der Waals surface area contributed by atoms with Gasteiger partial charge in [0.05, 0.1) is 0 Å². The predicted molar refractivity (Wildman–Crippen MR) is 59.1 cm³/mol. The summed E-state index contributed by atoms with van der Waals surface area (Å²) in [6.45, 7) is 5.01. The van der Waals surface area contributed by atoms with E-state index in [-0.39, 0.29) is 0 Å². The molecule has 80 valence electrons. The summed E-state index contributed by atoms with van der Waals surface area (Å²) in [6.07, 6.45) is 9.08. The fourth-order valence-electron chi connectivity index (χ4n) is 3.58. The van der Waals surface area contributed by atoms with E-state index in [0.29, 0.717) is 5.41 Å². The monoisotopic (exact) mass is 193 g/mol. The van der Waals surface area contributed by atoms with Crippen molar-refractivity contribution in [1.29, 1.82) is 0 Å². The second-order valence-corrected chi connectivity index (χ2v) is 6.38. The largest absolute Gasteiger partial charge is 0.316 e. The Morgan fingerprint density at radius 1 is 1.21 bits per heavy atom. The third-order valence-electron chi connectivity index (χ3n) is 4.95. The maximum Gasteiger partial charge on any atom is 0.000528 e. The predicted octanol–water partition coefficient (Wildman–Crippen LogP) is 2.81. The van der Waals surface area contributed by atoms with Gasteiger partial charge >= 0.3 is 0 Å². The molecular formula is C13H23N. The first-order valence-electron chi connectivity index (χ1n) is 6.46. The lowest BCUT2D eigenvalue weighted by molar-refractivity contribution is 0.310. The zero-order valence-corrected chi connectivity index (χ0v) is 9.39. The Kier molecular flexibility index (Phi) is 2.12. The quantitative estimate of drug-likeness (QED) is 0.724. The Morgan fingerprint density at radius 3 is 2.64 bits per heavy atom. The van der Waals surface area contributed by atoms with Crippen LogP contribution in [0.5, 0.6) is 0 Å². The Morgan fingerprint density at radius 2 is 2.07 bits per heavy atom. The molecule has 3 rings (SSSR count). The first-order chi connectivity index (χ1) is 6.75. The van der Waals surface area contributed by atoms with E-state index in [4.69, 9.17) is 0 Å². The van der Waals surface area contributed by atoms with Crippen molar-refractivity contribution < 1.29 is 0 Å². The fraction of sp³-hybridized carbons (Fsp3) is 1.00. The molecule has 3 saturated carbocycles. The number of fused-ring (bicyclic) bond motifs is 2. The lowest BCUT2D eigenvalue weighted by Gasteiger charge is -2.22. The molecule has 3 aliphatic rings. The minimum Gasteiger partial charge on any atom is -0.316 e. The Labute approximate surface area is 87.7 Å². The molecule has 1 N–H and O–H groups in total. The van der Waals surface area contributed by atoms with Crippen molar-refractivity contribution in [3.63, 3.8) is 0 Å². The maximum atomic E-state index is 3.71. The van der Waals surface area contributed by atoms with Gasteiger partial charge in [0.15, 0.2) is 0 Å². The summed E-state index contributed by atoms with van der Waals surface area (Å²) in [6, 6.07) is 0. The molecule has 0 aromatic heterocycles. The van der Waals surface area contributed by atoms with Crippen molar-refractivity contribution in [2.75, 3.05) is 13.1 Å². The number of nitrogens with one attached hydrogen (secondary N) is 1. The second-order valence-electron chi connectivity index (χ2n) is 6.38. The third kappa shape index (κ3) is 1.71. The van der Waals surface area contributed by atoms with E-state index in [0.717, 1.165) is 17.8 Å². The van der Waals surface area contributed by atoms with Crippen LogP contribution in [0.3, 0.4) is 0 Å². The molecule has 0 saturated heterocycles. The standard InChI is InChI=1S/C13H23N/c1-13(4-5-13)9-14-8-12-7-10-2-3-11(12)6-10/h10-12,14H,2-9H2,1H3. The highest BCUT2D eigenvalue weighted by Crippen LogP contribution is 2.48. The molecule has 0 aromatic rings. The van der Waals surface area contributed by atoms with Gasteiger partial charge < -0.3 is 5.32 Å². The topological polar surface area (TPSA) is 12.0 Å². The van der Waals surface area contributed by atoms with Crippen LogP contribution in [-0.4, -0.2) is 13.1 Å². The number of hydrogen-bond acceptors (Lipinski definition) is 1. The van der Waals surface area contributed by atoms with Crippen LogP contribution in [0.4, 0.5) is 0 Å². The third-order valence-corrected chi connectivity index (χ3v) is 4.95. The van der Waals surface area contributed by atoms with Crippen molar-refractivity contribution in [1.82, 2.24) is 5.32 Å². The summed E-state index contributed by atoms with van der Waals surface area (Å²) < 4.78 is 0. The van der Waals surface area contributed by atoms with Crippen molar-refractivity contribution >= 4 is 0 Å². The van der Waals surface area contributed by atoms with Crippen LogP contribution in [0.15, 0.2) is 0 Å². The van der Waals surface area contributed by atoms with Crippen LogP contribution in [-0.2, 0) is 0 Å². The highest BCUT2D eigenvalue weighted by Gasteiger charge is 2.40. The highest BCUT2D eigenvalue weighted by atomic mass is 14.9. The van der Waals surface area contributed by atoms with Crippen LogP contribution < -0.4 is 5.32 Å². The van der Waals surface area contributed by atoms with E-state index < -0.39 is 0 Å². The minimum absolute atomic E-state index is 0.692. The lowest BCUT2D eigenvalue weighted by Crippen LogP contribution is -2.30. The van der Waals surface area contributed by atoms with E-state index in [9.17, 15) is 0 Å². The van der Waals surface area contributed by atoms with Gasteiger partial charge in [-0.25, -0.2) is 0 Å². The number of hydrogen-bond donors (Lipinski definition) is 1. The summed E-state index contributed by atoms with van der Waals surface area (Å²) in [7, 11) is 0. The van der Waals surface area contributed by atoms with Gasteiger partial charge in [-0.05, 0) is 61.8 Å². The Hall–Kier alpha value is -0.0400. The molecule has 1 nitrogen and oxygen atoms in total. The van der Waals surface area contributed by atoms with E-state index in [1.807, 2.05) is 0 Å². The molecule has 0 heterocycles. The van der Waals surface area contributed by atoms with Gasteiger partial charge in [0.2, 0.25) is 0 Å². The molecule has 1 heteroatoms. The molecule has 0 aliphatic heterocycles. The van der Waals surface area contributed by atoms with Crippen LogP contribution in [0, 0.1) is 23.2 Å². The molecule has 0 aromatic carbocycles. The minimum atomic E-state index is 0.692. The van der Waals surface area contributed by atoms with E-state index in [1.165, 1.54) is 38.8 Å². The average Bonchev–Trinajstić information content (AvgIpc) is 2.65. The first kappa shape index (κ1) is 9.21. The summed E-state index contributed by atoms with van der Waals surface area (Å²) in [5, 5.41) is 3.71. The zero-order valence-electron chi connectivity index (χ0n) is 9.39. The second kappa shape index (κ2) is 3.23. The molecule has 2 bridgehead atoms. The van der Waals surface area contributed by atoms with Crippen molar-refractivity contribution in [3.05, 3.63) is 0 Å². The van der Waals surface area contributed by atoms with Gasteiger partial charge in [-0.2, -0.15) is 0 Å². The first-order valence-corrected chi connectivity index (χ1v) is 6.46. The summed E-state index contributed by atoms with van der Waals surface area (Å²) in [5.41, 5.74) is 0.692. The van der Waals surface area contributed by atoms with Gasteiger partial charge in [0.1, 0.15) is 0 Å². The molecule has 3 fully saturated rings.